The molecule has 0 fully saturated rings. The lowest BCUT2D eigenvalue weighted by Crippen LogP contribution is -2.22. The number of halogens is 3. The monoisotopic (exact) mass is 389 g/mol. The SMILES string of the molecule is Cn1cc(CN=C(N)Nc2cccc(Oc3ccccc3)c2)c(C(F)(F)F)n1. The first-order valence-electron chi connectivity index (χ1n) is 8.31. The highest BCUT2D eigenvalue weighted by Crippen LogP contribution is 2.31. The third-order valence-corrected chi connectivity index (χ3v) is 3.68. The van der Waals surface area contributed by atoms with Gasteiger partial charge in [-0.15, -0.1) is 0 Å². The Kier molecular flexibility index (Phi) is 5.53. The van der Waals surface area contributed by atoms with Crippen LogP contribution >= 0.6 is 0 Å². The van der Waals surface area contributed by atoms with E-state index in [1.165, 1.54) is 13.2 Å². The number of aryl methyl sites for hydroxylation is 1. The predicted octanol–water partition coefficient (Wildman–Crippen LogP) is 4.16. The van der Waals surface area contributed by atoms with E-state index >= 15 is 0 Å². The Morgan fingerprint density at radius 2 is 1.86 bits per heavy atom. The summed E-state index contributed by atoms with van der Waals surface area (Å²) in [7, 11) is 1.42. The molecule has 1 aromatic heterocycles. The largest absolute Gasteiger partial charge is 0.457 e. The number of hydrogen-bond donors (Lipinski definition) is 2. The van der Waals surface area contributed by atoms with Crippen LogP contribution in [0.2, 0.25) is 0 Å². The zero-order valence-corrected chi connectivity index (χ0v) is 14.9. The minimum absolute atomic E-state index is 0.0196. The molecule has 0 radical (unpaired) electrons. The van der Waals surface area contributed by atoms with Crippen LogP contribution in [0.5, 0.6) is 11.5 Å². The molecule has 0 saturated heterocycles. The molecule has 3 rings (SSSR count). The van der Waals surface area contributed by atoms with Gasteiger partial charge in [0.25, 0.3) is 0 Å². The van der Waals surface area contributed by atoms with E-state index in [2.05, 4.69) is 15.4 Å². The van der Waals surface area contributed by atoms with Crippen LogP contribution in [0.4, 0.5) is 18.9 Å². The van der Waals surface area contributed by atoms with Gasteiger partial charge in [0, 0.05) is 30.6 Å². The number of hydrogen-bond acceptors (Lipinski definition) is 3. The van der Waals surface area contributed by atoms with Crippen molar-refractivity contribution in [2.75, 3.05) is 5.32 Å². The number of nitrogens with one attached hydrogen (secondary N) is 1. The number of nitrogens with zero attached hydrogens (tertiary/aromatic N) is 3. The number of guanidine groups is 1. The molecule has 2 aromatic carbocycles. The molecule has 0 bridgehead atoms. The second-order valence-corrected chi connectivity index (χ2v) is 5.94. The highest BCUT2D eigenvalue weighted by Gasteiger charge is 2.36. The van der Waals surface area contributed by atoms with E-state index in [0.717, 1.165) is 4.68 Å². The molecule has 0 spiro atoms. The first kappa shape index (κ1) is 19.3. The average molecular weight is 389 g/mol. The van der Waals surface area contributed by atoms with Gasteiger partial charge in [0.15, 0.2) is 11.7 Å². The van der Waals surface area contributed by atoms with E-state index < -0.39 is 11.9 Å². The van der Waals surface area contributed by atoms with Crippen molar-refractivity contribution in [1.82, 2.24) is 9.78 Å². The molecule has 146 valence electrons. The third kappa shape index (κ3) is 5.03. The van der Waals surface area contributed by atoms with Gasteiger partial charge >= 0.3 is 6.18 Å². The summed E-state index contributed by atoms with van der Waals surface area (Å²) in [5, 5.41) is 6.28. The van der Waals surface area contributed by atoms with Crippen molar-refractivity contribution < 1.29 is 17.9 Å². The predicted molar refractivity (Wildman–Crippen MR) is 100 cm³/mol. The molecule has 28 heavy (non-hydrogen) atoms. The fraction of sp³-hybridized carbons (Fsp3) is 0.158. The van der Waals surface area contributed by atoms with E-state index in [1.807, 2.05) is 30.3 Å². The lowest BCUT2D eigenvalue weighted by molar-refractivity contribution is -0.142. The third-order valence-electron chi connectivity index (χ3n) is 3.68. The summed E-state index contributed by atoms with van der Waals surface area (Å²) in [5.74, 6) is 1.24. The summed E-state index contributed by atoms with van der Waals surface area (Å²) in [6.07, 6.45) is -3.27. The van der Waals surface area contributed by atoms with Gasteiger partial charge in [-0.3, -0.25) is 4.68 Å². The molecule has 0 unspecified atom stereocenters. The first-order valence-corrected chi connectivity index (χ1v) is 8.31. The zero-order valence-electron chi connectivity index (χ0n) is 14.9. The maximum Gasteiger partial charge on any atom is 0.435 e. The van der Waals surface area contributed by atoms with Crippen molar-refractivity contribution in [1.29, 1.82) is 0 Å². The van der Waals surface area contributed by atoms with Gasteiger partial charge in [-0.05, 0) is 24.3 Å². The number of para-hydroxylation sites is 1. The lowest BCUT2D eigenvalue weighted by atomic mass is 10.2. The Labute approximate surface area is 159 Å². The van der Waals surface area contributed by atoms with Crippen molar-refractivity contribution in [3.63, 3.8) is 0 Å². The standard InChI is InChI=1S/C19H18F3N5O/c1-27-12-13(17(26-27)19(20,21)22)11-24-18(23)25-14-6-5-9-16(10-14)28-15-7-3-2-4-8-15/h2-10,12H,11H2,1H3,(H3,23,24,25). The number of rotatable bonds is 5. The van der Waals surface area contributed by atoms with Crippen molar-refractivity contribution in [3.8, 4) is 11.5 Å². The number of aromatic nitrogens is 2. The molecule has 3 aromatic rings. The van der Waals surface area contributed by atoms with Crippen LogP contribution in [0.3, 0.4) is 0 Å². The molecule has 0 aliphatic heterocycles. The molecule has 9 heteroatoms. The number of benzene rings is 2. The Balaban J connectivity index is 1.68. The number of nitrogens with two attached hydrogens (primary N) is 1. The molecule has 0 saturated carbocycles. The molecule has 1 heterocycles. The summed E-state index contributed by atoms with van der Waals surface area (Å²) in [5.41, 5.74) is 5.38. The second-order valence-electron chi connectivity index (χ2n) is 5.94. The zero-order chi connectivity index (χ0) is 20.1. The van der Waals surface area contributed by atoms with Crippen LogP contribution in [0, 0.1) is 0 Å². The molecule has 6 nitrogen and oxygen atoms in total. The minimum atomic E-state index is -4.54. The van der Waals surface area contributed by atoms with Gasteiger partial charge in [-0.1, -0.05) is 24.3 Å². The molecule has 0 amide bonds. The van der Waals surface area contributed by atoms with Crippen molar-refractivity contribution >= 4 is 11.6 Å². The van der Waals surface area contributed by atoms with E-state index in [4.69, 9.17) is 10.5 Å². The van der Waals surface area contributed by atoms with Gasteiger partial charge < -0.3 is 15.8 Å². The summed E-state index contributed by atoms with van der Waals surface area (Å²) >= 11 is 0. The molecular formula is C19H18F3N5O. The van der Waals surface area contributed by atoms with Crippen molar-refractivity contribution in [3.05, 3.63) is 72.1 Å². The van der Waals surface area contributed by atoms with Crippen LogP contribution in [0.15, 0.2) is 65.8 Å². The van der Waals surface area contributed by atoms with E-state index in [9.17, 15) is 13.2 Å². The summed E-state index contributed by atoms with van der Waals surface area (Å²) in [6, 6.07) is 16.2. The average Bonchev–Trinajstić information content (AvgIpc) is 3.02. The van der Waals surface area contributed by atoms with Gasteiger partial charge in [-0.2, -0.15) is 18.3 Å². The summed E-state index contributed by atoms with van der Waals surface area (Å²) < 4.78 is 45.7. The molecular weight excluding hydrogens is 371 g/mol. The van der Waals surface area contributed by atoms with Crippen LogP contribution in [-0.4, -0.2) is 15.7 Å². The number of aliphatic imine (C=N–C) groups is 1. The fourth-order valence-corrected chi connectivity index (χ4v) is 2.51. The van der Waals surface area contributed by atoms with Crippen molar-refractivity contribution in [2.24, 2.45) is 17.8 Å². The van der Waals surface area contributed by atoms with E-state index in [1.54, 1.807) is 24.3 Å². The van der Waals surface area contributed by atoms with E-state index in [-0.39, 0.29) is 18.1 Å². The summed E-state index contributed by atoms with van der Waals surface area (Å²) in [4.78, 5) is 3.98. The van der Waals surface area contributed by atoms with Crippen LogP contribution < -0.4 is 15.8 Å². The second kappa shape index (κ2) is 8.03. The molecule has 3 N–H and O–H groups in total. The maximum atomic E-state index is 13.0. The first-order chi connectivity index (χ1) is 13.3. The quantitative estimate of drug-likeness (QED) is 0.507. The molecule has 0 atom stereocenters. The molecule has 0 aliphatic carbocycles. The Morgan fingerprint density at radius 3 is 2.57 bits per heavy atom. The minimum Gasteiger partial charge on any atom is -0.457 e. The fourth-order valence-electron chi connectivity index (χ4n) is 2.51. The lowest BCUT2D eigenvalue weighted by Gasteiger charge is -2.09. The van der Waals surface area contributed by atoms with Gasteiger partial charge in [0.2, 0.25) is 0 Å². The number of ether oxygens (including phenoxy) is 1. The van der Waals surface area contributed by atoms with Gasteiger partial charge in [0.1, 0.15) is 11.5 Å². The molecule has 0 aliphatic rings. The van der Waals surface area contributed by atoms with Gasteiger partial charge in [-0.25, -0.2) is 4.99 Å². The van der Waals surface area contributed by atoms with Gasteiger partial charge in [0.05, 0.1) is 6.54 Å². The smallest absolute Gasteiger partial charge is 0.435 e. The number of alkyl halides is 3. The van der Waals surface area contributed by atoms with Crippen molar-refractivity contribution in [2.45, 2.75) is 12.7 Å². The van der Waals surface area contributed by atoms with E-state index in [0.29, 0.717) is 17.2 Å². The normalized spacial score (nSPS) is 12.1. The number of anilines is 1. The maximum absolute atomic E-state index is 13.0. The Hall–Kier alpha value is -3.49. The Bertz CT molecular complexity index is 967. The van der Waals surface area contributed by atoms with Crippen LogP contribution in [0.25, 0.3) is 0 Å². The topological polar surface area (TPSA) is 77.5 Å². The van der Waals surface area contributed by atoms with Crippen LogP contribution in [0.1, 0.15) is 11.3 Å². The van der Waals surface area contributed by atoms with Crippen LogP contribution in [-0.2, 0) is 19.8 Å². The highest BCUT2D eigenvalue weighted by atomic mass is 19.4. The highest BCUT2D eigenvalue weighted by molar-refractivity contribution is 5.92. The Morgan fingerprint density at radius 1 is 1.14 bits per heavy atom. The summed E-state index contributed by atoms with van der Waals surface area (Å²) in [6.45, 7) is -0.248.